The fourth-order valence-electron chi connectivity index (χ4n) is 1.88. The van der Waals surface area contributed by atoms with Crippen molar-refractivity contribution in [1.82, 2.24) is 0 Å². The van der Waals surface area contributed by atoms with Gasteiger partial charge in [-0.15, -0.1) is 0 Å². The third kappa shape index (κ3) is 1.67. The zero-order valence-electron chi connectivity index (χ0n) is 9.29. The van der Waals surface area contributed by atoms with Gasteiger partial charge >= 0.3 is 0 Å². The van der Waals surface area contributed by atoms with Crippen molar-refractivity contribution in [1.29, 1.82) is 5.26 Å². The molecule has 82 valence electrons. The van der Waals surface area contributed by atoms with Gasteiger partial charge in [-0.2, -0.15) is 5.26 Å². The second-order valence-electron chi connectivity index (χ2n) is 4.32. The molecule has 2 rings (SSSR count). The zero-order valence-corrected chi connectivity index (χ0v) is 9.29. The molecule has 0 saturated heterocycles. The Hall–Kier alpha value is -1.82. The number of rotatable bonds is 2. The van der Waals surface area contributed by atoms with E-state index in [0.717, 1.165) is 17.7 Å². The summed E-state index contributed by atoms with van der Waals surface area (Å²) in [5.74, 6) is -0.157. The summed E-state index contributed by atoms with van der Waals surface area (Å²) in [6, 6.07) is 9.74. The summed E-state index contributed by atoms with van der Waals surface area (Å²) in [6.45, 7) is 1.94. The van der Waals surface area contributed by atoms with Crippen LogP contribution in [0.2, 0.25) is 0 Å². The molecule has 0 spiro atoms. The molecule has 1 aliphatic carbocycles. The summed E-state index contributed by atoms with van der Waals surface area (Å²) >= 11 is 0. The average Bonchev–Trinajstić information content (AvgIpc) is 2.21. The number of amides is 1. The van der Waals surface area contributed by atoms with E-state index in [-0.39, 0.29) is 5.91 Å². The highest BCUT2D eigenvalue weighted by atomic mass is 16.2. The van der Waals surface area contributed by atoms with E-state index in [1.807, 2.05) is 31.2 Å². The predicted octanol–water partition coefficient (Wildman–Crippen LogP) is 2.63. The van der Waals surface area contributed by atoms with Gasteiger partial charge in [0.25, 0.3) is 0 Å². The molecule has 0 aromatic heterocycles. The van der Waals surface area contributed by atoms with Gasteiger partial charge in [-0.3, -0.25) is 4.79 Å². The number of hydrogen-bond acceptors (Lipinski definition) is 2. The smallest absolute Gasteiger partial charge is 0.244 e. The molecular formula is C13H14N2O. The van der Waals surface area contributed by atoms with Gasteiger partial charge in [0.2, 0.25) is 5.91 Å². The molecular weight excluding hydrogens is 200 g/mol. The fraction of sp³-hybridized carbons (Fsp3) is 0.385. The minimum absolute atomic E-state index is 0.157. The molecule has 3 heteroatoms. The Bertz CT molecular complexity index is 455. The molecule has 1 saturated carbocycles. The number of para-hydroxylation sites is 1. The van der Waals surface area contributed by atoms with Gasteiger partial charge in [0.1, 0.15) is 5.41 Å². The van der Waals surface area contributed by atoms with Gasteiger partial charge in [0.05, 0.1) is 6.07 Å². The van der Waals surface area contributed by atoms with Crippen LogP contribution in [-0.4, -0.2) is 5.91 Å². The highest BCUT2D eigenvalue weighted by Crippen LogP contribution is 2.41. The van der Waals surface area contributed by atoms with Gasteiger partial charge in [-0.05, 0) is 37.8 Å². The molecule has 1 fully saturated rings. The third-order valence-electron chi connectivity index (χ3n) is 3.25. The van der Waals surface area contributed by atoms with Crippen LogP contribution in [0.15, 0.2) is 24.3 Å². The Morgan fingerprint density at radius 2 is 2.12 bits per heavy atom. The SMILES string of the molecule is Cc1ccccc1NC(=O)C1(C#N)CCC1. The van der Waals surface area contributed by atoms with Crippen LogP contribution in [-0.2, 0) is 4.79 Å². The highest BCUT2D eigenvalue weighted by molar-refractivity contribution is 5.98. The topological polar surface area (TPSA) is 52.9 Å². The molecule has 0 radical (unpaired) electrons. The summed E-state index contributed by atoms with van der Waals surface area (Å²) in [7, 11) is 0. The first-order chi connectivity index (χ1) is 7.68. The van der Waals surface area contributed by atoms with E-state index in [1.165, 1.54) is 0 Å². The van der Waals surface area contributed by atoms with Crippen molar-refractivity contribution in [3.63, 3.8) is 0 Å². The van der Waals surface area contributed by atoms with Crippen molar-refractivity contribution in [2.45, 2.75) is 26.2 Å². The number of carbonyl (C=O) groups is 1. The molecule has 0 aliphatic heterocycles. The lowest BCUT2D eigenvalue weighted by Crippen LogP contribution is -2.40. The number of hydrogen-bond donors (Lipinski definition) is 1. The van der Waals surface area contributed by atoms with Gasteiger partial charge in [-0.25, -0.2) is 0 Å². The minimum atomic E-state index is -0.776. The van der Waals surface area contributed by atoms with Crippen molar-refractivity contribution >= 4 is 11.6 Å². The van der Waals surface area contributed by atoms with Crippen molar-refractivity contribution in [3.8, 4) is 6.07 Å². The van der Waals surface area contributed by atoms with Crippen LogP contribution in [0.3, 0.4) is 0 Å². The number of aryl methyl sites for hydroxylation is 1. The van der Waals surface area contributed by atoms with Crippen LogP contribution >= 0.6 is 0 Å². The van der Waals surface area contributed by atoms with Crippen LogP contribution in [0.25, 0.3) is 0 Å². The van der Waals surface area contributed by atoms with Gasteiger partial charge in [0, 0.05) is 5.69 Å². The van der Waals surface area contributed by atoms with Crippen LogP contribution < -0.4 is 5.32 Å². The van der Waals surface area contributed by atoms with Crippen molar-refractivity contribution in [2.24, 2.45) is 5.41 Å². The second kappa shape index (κ2) is 3.97. The van der Waals surface area contributed by atoms with Crippen LogP contribution in [0, 0.1) is 23.7 Å². The molecule has 0 bridgehead atoms. The molecule has 0 atom stereocenters. The number of benzene rings is 1. The first kappa shape index (κ1) is 10.7. The zero-order chi connectivity index (χ0) is 11.6. The minimum Gasteiger partial charge on any atom is -0.324 e. The van der Waals surface area contributed by atoms with E-state index < -0.39 is 5.41 Å². The molecule has 1 aliphatic rings. The van der Waals surface area contributed by atoms with Crippen molar-refractivity contribution in [3.05, 3.63) is 29.8 Å². The Balaban J connectivity index is 2.14. The summed E-state index contributed by atoms with van der Waals surface area (Å²) in [5.41, 5.74) is 1.04. The van der Waals surface area contributed by atoms with E-state index >= 15 is 0 Å². The Kier molecular flexibility index (Phi) is 2.66. The normalized spacial score (nSPS) is 17.0. The number of nitrogens with one attached hydrogen (secondary N) is 1. The second-order valence-corrected chi connectivity index (χ2v) is 4.32. The lowest BCUT2D eigenvalue weighted by molar-refractivity contribution is -0.126. The maximum Gasteiger partial charge on any atom is 0.244 e. The van der Waals surface area contributed by atoms with Crippen LogP contribution in [0.1, 0.15) is 24.8 Å². The number of nitrogens with zero attached hydrogens (tertiary/aromatic N) is 1. The Morgan fingerprint density at radius 1 is 1.44 bits per heavy atom. The first-order valence-corrected chi connectivity index (χ1v) is 5.46. The van der Waals surface area contributed by atoms with Gasteiger partial charge in [-0.1, -0.05) is 18.2 Å². The summed E-state index contributed by atoms with van der Waals surface area (Å²) in [5, 5.41) is 11.9. The standard InChI is InChI=1S/C13H14N2O/c1-10-5-2-3-6-11(10)15-12(16)13(9-14)7-4-8-13/h2-3,5-6H,4,7-8H2,1H3,(H,15,16). The van der Waals surface area contributed by atoms with Crippen LogP contribution in [0.5, 0.6) is 0 Å². The van der Waals surface area contributed by atoms with Crippen molar-refractivity contribution < 1.29 is 4.79 Å². The number of anilines is 1. The van der Waals surface area contributed by atoms with E-state index in [1.54, 1.807) is 0 Å². The molecule has 1 N–H and O–H groups in total. The van der Waals surface area contributed by atoms with Gasteiger partial charge in [0.15, 0.2) is 0 Å². The first-order valence-electron chi connectivity index (χ1n) is 5.46. The van der Waals surface area contributed by atoms with Crippen LogP contribution in [0.4, 0.5) is 5.69 Å². The quantitative estimate of drug-likeness (QED) is 0.822. The number of nitriles is 1. The molecule has 1 aromatic carbocycles. The summed E-state index contributed by atoms with van der Waals surface area (Å²) in [6.07, 6.45) is 2.33. The lowest BCUT2D eigenvalue weighted by atomic mass is 9.69. The highest BCUT2D eigenvalue weighted by Gasteiger charge is 2.44. The fourth-order valence-corrected chi connectivity index (χ4v) is 1.88. The monoisotopic (exact) mass is 214 g/mol. The molecule has 16 heavy (non-hydrogen) atoms. The lowest BCUT2D eigenvalue weighted by Gasteiger charge is -2.33. The van der Waals surface area contributed by atoms with Gasteiger partial charge < -0.3 is 5.32 Å². The Morgan fingerprint density at radius 3 is 2.62 bits per heavy atom. The van der Waals surface area contributed by atoms with E-state index in [9.17, 15) is 4.79 Å². The average molecular weight is 214 g/mol. The maximum absolute atomic E-state index is 12.0. The molecule has 3 nitrogen and oxygen atoms in total. The largest absolute Gasteiger partial charge is 0.324 e. The summed E-state index contributed by atoms with van der Waals surface area (Å²) < 4.78 is 0. The predicted molar refractivity (Wildman–Crippen MR) is 61.7 cm³/mol. The maximum atomic E-state index is 12.0. The third-order valence-corrected chi connectivity index (χ3v) is 3.25. The molecule has 1 amide bonds. The Labute approximate surface area is 95.1 Å². The van der Waals surface area contributed by atoms with Crippen molar-refractivity contribution in [2.75, 3.05) is 5.32 Å². The summed E-state index contributed by atoms with van der Waals surface area (Å²) in [4.78, 5) is 12.0. The number of carbonyl (C=O) groups excluding carboxylic acids is 1. The molecule has 0 heterocycles. The molecule has 0 unspecified atom stereocenters. The molecule has 1 aromatic rings. The van der Waals surface area contributed by atoms with E-state index in [2.05, 4.69) is 11.4 Å². The van der Waals surface area contributed by atoms with E-state index in [0.29, 0.717) is 12.8 Å². The van der Waals surface area contributed by atoms with E-state index in [4.69, 9.17) is 5.26 Å².